The van der Waals surface area contributed by atoms with Crippen LogP contribution in [0, 0.1) is 11.6 Å². The Kier molecular flexibility index (Phi) is 5.03. The fourth-order valence-corrected chi connectivity index (χ4v) is 0.742. The molecule has 0 amide bonds. The molecule has 62 valence electrons. The van der Waals surface area contributed by atoms with Gasteiger partial charge in [0.15, 0.2) is 0 Å². The molecule has 0 saturated heterocycles. The molecule has 0 nitrogen and oxygen atoms in total. The van der Waals surface area contributed by atoms with Crippen LogP contribution >= 0.6 is 15.9 Å². The lowest BCUT2D eigenvalue weighted by Crippen LogP contribution is -1.80. The Balaban J connectivity index is 0.000000461. The topological polar surface area (TPSA) is 0 Å². The first kappa shape index (κ1) is 10.6. The normalized spacial score (nSPS) is 8.45. The Hall–Kier alpha value is -0.440. The molecule has 3 heteroatoms. The highest BCUT2D eigenvalue weighted by molar-refractivity contribution is 9.10. The fraction of sp³-hybridized carbons (Fsp3) is 0.250. The molecule has 11 heavy (non-hydrogen) atoms. The molecule has 0 aromatic heterocycles. The molecule has 0 heterocycles. The zero-order chi connectivity index (χ0) is 8.85. The van der Waals surface area contributed by atoms with Gasteiger partial charge >= 0.3 is 0 Å². The van der Waals surface area contributed by atoms with Crippen LogP contribution in [0.5, 0.6) is 0 Å². The fourth-order valence-electron chi connectivity index (χ4n) is 0.477. The predicted octanol–water partition coefficient (Wildman–Crippen LogP) is 3.75. The van der Waals surface area contributed by atoms with E-state index in [4.69, 9.17) is 0 Å². The van der Waals surface area contributed by atoms with Crippen LogP contribution in [0.15, 0.2) is 22.7 Å². The van der Waals surface area contributed by atoms with Gasteiger partial charge in [0, 0.05) is 0 Å². The summed E-state index contributed by atoms with van der Waals surface area (Å²) in [7, 11) is 0. The summed E-state index contributed by atoms with van der Waals surface area (Å²) in [6.07, 6.45) is 0. The third-order valence-corrected chi connectivity index (χ3v) is 1.66. The summed E-state index contributed by atoms with van der Waals surface area (Å²) in [6.45, 7) is 4.00. The van der Waals surface area contributed by atoms with Crippen LogP contribution in [-0.4, -0.2) is 0 Å². The van der Waals surface area contributed by atoms with E-state index in [2.05, 4.69) is 15.9 Å². The molecule has 0 atom stereocenters. The molecule has 1 aromatic rings. The lowest BCUT2D eigenvalue weighted by molar-refractivity contribution is 0.572. The average Bonchev–Trinajstić information content (AvgIpc) is 2.04. The summed E-state index contributed by atoms with van der Waals surface area (Å²) >= 11 is 2.73. The Morgan fingerprint density at radius 2 is 1.45 bits per heavy atom. The van der Waals surface area contributed by atoms with E-state index in [1.54, 1.807) is 0 Å². The van der Waals surface area contributed by atoms with E-state index in [1.165, 1.54) is 18.2 Å². The molecule has 0 radical (unpaired) electrons. The van der Waals surface area contributed by atoms with Gasteiger partial charge in [0.1, 0.15) is 11.6 Å². The second-order valence-corrected chi connectivity index (χ2v) is 2.33. The third-order valence-electron chi connectivity index (χ3n) is 0.904. The molecular formula is C8H9BrF2. The molecule has 0 aliphatic carbocycles. The Labute approximate surface area is 73.4 Å². The van der Waals surface area contributed by atoms with E-state index in [1.807, 2.05) is 13.8 Å². The maximum Gasteiger partial charge on any atom is 0.140 e. The lowest BCUT2D eigenvalue weighted by Gasteiger charge is -1.92. The van der Waals surface area contributed by atoms with E-state index in [-0.39, 0.29) is 4.47 Å². The van der Waals surface area contributed by atoms with E-state index in [9.17, 15) is 8.78 Å². The minimum absolute atomic E-state index is 0.106. The van der Waals surface area contributed by atoms with Crippen LogP contribution in [0.4, 0.5) is 8.78 Å². The zero-order valence-corrected chi connectivity index (χ0v) is 7.95. The quantitative estimate of drug-likeness (QED) is 0.587. The largest absolute Gasteiger partial charge is 0.206 e. The van der Waals surface area contributed by atoms with Gasteiger partial charge in [-0.15, -0.1) is 0 Å². The maximum atomic E-state index is 12.3. The Morgan fingerprint density at radius 3 is 1.73 bits per heavy atom. The van der Waals surface area contributed by atoms with Gasteiger partial charge in [-0.3, -0.25) is 0 Å². The molecule has 0 N–H and O–H groups in total. The molecule has 0 bridgehead atoms. The third kappa shape index (κ3) is 2.97. The first-order chi connectivity index (χ1) is 5.22. The van der Waals surface area contributed by atoms with Crippen molar-refractivity contribution >= 4 is 15.9 Å². The van der Waals surface area contributed by atoms with Crippen molar-refractivity contribution in [3.05, 3.63) is 34.3 Å². The summed E-state index contributed by atoms with van der Waals surface area (Å²) < 4.78 is 24.5. The summed E-state index contributed by atoms with van der Waals surface area (Å²) in [6, 6.07) is 3.69. The van der Waals surface area contributed by atoms with E-state index < -0.39 is 11.6 Å². The molecule has 0 aliphatic heterocycles. The molecule has 0 spiro atoms. The first-order valence-electron chi connectivity index (χ1n) is 3.31. The second kappa shape index (κ2) is 5.24. The van der Waals surface area contributed by atoms with Crippen molar-refractivity contribution in [1.29, 1.82) is 0 Å². The minimum Gasteiger partial charge on any atom is -0.206 e. The van der Waals surface area contributed by atoms with Crippen molar-refractivity contribution in [3.8, 4) is 0 Å². The number of halogens is 3. The van der Waals surface area contributed by atoms with E-state index in [0.29, 0.717) is 0 Å². The molecule has 0 fully saturated rings. The predicted molar refractivity (Wildman–Crippen MR) is 45.4 cm³/mol. The van der Waals surface area contributed by atoms with Crippen molar-refractivity contribution in [2.75, 3.05) is 0 Å². The van der Waals surface area contributed by atoms with Gasteiger partial charge in [-0.25, -0.2) is 8.78 Å². The van der Waals surface area contributed by atoms with Gasteiger partial charge in [0.25, 0.3) is 0 Å². The zero-order valence-electron chi connectivity index (χ0n) is 6.37. The first-order valence-corrected chi connectivity index (χ1v) is 4.10. The maximum absolute atomic E-state index is 12.3. The van der Waals surface area contributed by atoms with Crippen molar-refractivity contribution in [1.82, 2.24) is 0 Å². The van der Waals surface area contributed by atoms with Crippen LogP contribution in [-0.2, 0) is 0 Å². The highest BCUT2D eigenvalue weighted by Crippen LogP contribution is 2.17. The van der Waals surface area contributed by atoms with Crippen LogP contribution in [0.25, 0.3) is 0 Å². The second-order valence-electron chi connectivity index (χ2n) is 1.54. The van der Waals surface area contributed by atoms with Crippen molar-refractivity contribution in [3.63, 3.8) is 0 Å². The van der Waals surface area contributed by atoms with Gasteiger partial charge in [0.2, 0.25) is 0 Å². The standard InChI is InChI=1S/C6H3BrF2.C2H6/c7-6-4(8)2-1-3-5(6)9;1-2/h1-3H;1-2H3. The summed E-state index contributed by atoms with van der Waals surface area (Å²) in [4.78, 5) is 0. The number of rotatable bonds is 0. The Bertz CT molecular complexity index is 203. The highest BCUT2D eigenvalue weighted by atomic mass is 79.9. The van der Waals surface area contributed by atoms with Crippen molar-refractivity contribution in [2.24, 2.45) is 0 Å². The lowest BCUT2D eigenvalue weighted by atomic mass is 10.3. The number of hydrogen-bond acceptors (Lipinski definition) is 0. The molecular weight excluding hydrogens is 214 g/mol. The van der Waals surface area contributed by atoms with Crippen LogP contribution in [0.2, 0.25) is 0 Å². The van der Waals surface area contributed by atoms with E-state index in [0.717, 1.165) is 0 Å². The smallest absolute Gasteiger partial charge is 0.140 e. The van der Waals surface area contributed by atoms with Crippen LogP contribution in [0.1, 0.15) is 13.8 Å². The Morgan fingerprint density at radius 1 is 1.09 bits per heavy atom. The van der Waals surface area contributed by atoms with Crippen molar-refractivity contribution in [2.45, 2.75) is 13.8 Å². The number of hydrogen-bond donors (Lipinski definition) is 0. The highest BCUT2D eigenvalue weighted by Gasteiger charge is 2.01. The van der Waals surface area contributed by atoms with Gasteiger partial charge in [-0.2, -0.15) is 0 Å². The van der Waals surface area contributed by atoms with Gasteiger partial charge in [-0.05, 0) is 28.1 Å². The molecule has 0 saturated carbocycles. The average molecular weight is 223 g/mol. The molecule has 1 rings (SSSR count). The number of benzene rings is 1. The van der Waals surface area contributed by atoms with Gasteiger partial charge in [-0.1, -0.05) is 19.9 Å². The minimum atomic E-state index is -0.574. The van der Waals surface area contributed by atoms with Gasteiger partial charge < -0.3 is 0 Å². The van der Waals surface area contributed by atoms with Crippen LogP contribution in [0.3, 0.4) is 0 Å². The molecule has 1 aromatic carbocycles. The van der Waals surface area contributed by atoms with E-state index >= 15 is 0 Å². The summed E-state index contributed by atoms with van der Waals surface area (Å²) in [5.41, 5.74) is 0. The molecule has 0 unspecified atom stereocenters. The SMILES string of the molecule is CC.Fc1cccc(F)c1Br. The van der Waals surface area contributed by atoms with Crippen molar-refractivity contribution < 1.29 is 8.78 Å². The molecule has 0 aliphatic rings. The summed E-state index contributed by atoms with van der Waals surface area (Å²) in [5.74, 6) is -1.15. The van der Waals surface area contributed by atoms with Gasteiger partial charge in [0.05, 0.1) is 4.47 Å². The summed E-state index contributed by atoms with van der Waals surface area (Å²) in [5, 5.41) is 0. The monoisotopic (exact) mass is 222 g/mol. The van der Waals surface area contributed by atoms with Crippen LogP contribution < -0.4 is 0 Å².